The van der Waals surface area contributed by atoms with Crippen molar-refractivity contribution in [3.05, 3.63) is 60.7 Å². The van der Waals surface area contributed by atoms with Gasteiger partial charge in [0, 0.05) is 5.39 Å². The number of rotatable bonds is 4. The third-order valence-electron chi connectivity index (χ3n) is 4.55. The number of aromatic nitrogens is 5. The Balaban J connectivity index is 1.49. The summed E-state index contributed by atoms with van der Waals surface area (Å²) in [5, 5.41) is 11.3. The fourth-order valence-corrected chi connectivity index (χ4v) is 3.23. The maximum atomic E-state index is 12.8. The molecule has 3 aromatic heterocycles. The zero-order chi connectivity index (χ0) is 19.8. The second-order valence-electron chi connectivity index (χ2n) is 6.45. The summed E-state index contributed by atoms with van der Waals surface area (Å²) in [6.07, 6.45) is 0. The zero-order valence-electron chi connectivity index (χ0n) is 15.1. The molecule has 142 valence electrons. The average Bonchev–Trinajstić information content (AvgIpc) is 3.31. The molecule has 0 aliphatic heterocycles. The van der Waals surface area contributed by atoms with E-state index in [1.807, 2.05) is 54.6 Å². The van der Waals surface area contributed by atoms with E-state index in [2.05, 4.69) is 25.6 Å². The summed E-state index contributed by atoms with van der Waals surface area (Å²) in [5.74, 6) is 0.735. The van der Waals surface area contributed by atoms with Gasteiger partial charge in [0.2, 0.25) is 5.91 Å². The third kappa shape index (κ3) is 3.04. The number of hydrogen-bond acceptors (Lipinski definition) is 7. The van der Waals surface area contributed by atoms with Crippen LogP contribution in [0.1, 0.15) is 0 Å². The molecule has 9 heteroatoms. The molecule has 29 heavy (non-hydrogen) atoms. The van der Waals surface area contributed by atoms with Crippen molar-refractivity contribution in [1.82, 2.24) is 24.8 Å². The van der Waals surface area contributed by atoms with Crippen molar-refractivity contribution >= 4 is 39.5 Å². The van der Waals surface area contributed by atoms with Crippen LogP contribution in [0.5, 0.6) is 0 Å². The average molecular weight is 385 g/mol. The highest BCUT2D eigenvalue weighted by atomic mass is 16.6. The van der Waals surface area contributed by atoms with Gasteiger partial charge in [0.1, 0.15) is 12.4 Å². The lowest BCUT2D eigenvalue weighted by Crippen LogP contribution is -2.20. The first kappa shape index (κ1) is 16.9. The molecule has 0 radical (unpaired) electrons. The van der Waals surface area contributed by atoms with E-state index < -0.39 is 0 Å². The fraction of sp³-hybridized carbons (Fsp3) is 0.0500. The van der Waals surface area contributed by atoms with Crippen molar-refractivity contribution in [3.8, 4) is 11.5 Å². The highest BCUT2D eigenvalue weighted by Crippen LogP contribution is 2.26. The van der Waals surface area contributed by atoms with Gasteiger partial charge in [-0.15, -0.1) is 0 Å². The number of carbonyl (C=O) groups excluding carboxylic acids is 1. The van der Waals surface area contributed by atoms with Gasteiger partial charge < -0.3 is 15.6 Å². The topological polar surface area (TPSA) is 125 Å². The van der Waals surface area contributed by atoms with Crippen LogP contribution in [0.25, 0.3) is 33.5 Å². The van der Waals surface area contributed by atoms with Gasteiger partial charge in [0.25, 0.3) is 0 Å². The Morgan fingerprint density at radius 1 is 0.966 bits per heavy atom. The zero-order valence-corrected chi connectivity index (χ0v) is 15.1. The van der Waals surface area contributed by atoms with Gasteiger partial charge in [-0.25, -0.2) is 14.6 Å². The number of nitrogens with two attached hydrogens (primary N) is 1. The monoisotopic (exact) mass is 385 g/mol. The second kappa shape index (κ2) is 6.71. The summed E-state index contributed by atoms with van der Waals surface area (Å²) < 4.78 is 6.43. The number of imidazole rings is 1. The number of para-hydroxylation sites is 3. The Bertz CT molecular complexity index is 1360. The van der Waals surface area contributed by atoms with Crippen LogP contribution in [0.2, 0.25) is 0 Å². The van der Waals surface area contributed by atoms with Crippen LogP contribution < -0.4 is 11.1 Å². The number of nitrogens with zero attached hydrogens (tertiary/aromatic N) is 5. The molecule has 9 nitrogen and oxygen atoms in total. The number of hydrogen-bond donors (Lipinski definition) is 2. The van der Waals surface area contributed by atoms with Crippen LogP contribution in [0, 0.1) is 0 Å². The molecule has 0 bridgehead atoms. The van der Waals surface area contributed by atoms with Gasteiger partial charge >= 0.3 is 0 Å². The minimum atomic E-state index is -0.257. The molecule has 3 N–H and O–H groups in total. The molecule has 0 saturated carbocycles. The minimum absolute atomic E-state index is 0.00332. The van der Waals surface area contributed by atoms with Gasteiger partial charge in [0.15, 0.2) is 17.3 Å². The van der Waals surface area contributed by atoms with Gasteiger partial charge in [-0.1, -0.05) is 30.3 Å². The lowest BCUT2D eigenvalue weighted by atomic mass is 10.2. The molecule has 5 rings (SSSR count). The predicted molar refractivity (Wildman–Crippen MR) is 108 cm³/mol. The molecular formula is C20H15N7O2. The maximum absolute atomic E-state index is 12.8. The van der Waals surface area contributed by atoms with Crippen LogP contribution in [0.4, 0.5) is 11.6 Å². The lowest BCUT2D eigenvalue weighted by Gasteiger charge is -2.09. The number of anilines is 2. The molecule has 2 aromatic carbocycles. The van der Waals surface area contributed by atoms with Crippen molar-refractivity contribution in [2.45, 2.75) is 6.54 Å². The summed E-state index contributed by atoms with van der Waals surface area (Å²) in [7, 11) is 0. The molecule has 0 aliphatic rings. The maximum Gasteiger partial charge on any atom is 0.245 e. The van der Waals surface area contributed by atoms with Crippen LogP contribution in [-0.2, 0) is 11.3 Å². The first-order valence-electron chi connectivity index (χ1n) is 8.88. The van der Waals surface area contributed by atoms with Gasteiger partial charge in [-0.3, -0.25) is 4.79 Å². The number of fused-ring (bicyclic) bond motifs is 2. The van der Waals surface area contributed by atoms with Gasteiger partial charge in [0.05, 0.1) is 16.6 Å². The summed E-state index contributed by atoms with van der Waals surface area (Å²) in [4.78, 5) is 21.8. The highest BCUT2D eigenvalue weighted by molar-refractivity contribution is 5.93. The van der Waals surface area contributed by atoms with Gasteiger partial charge in [-0.2, -0.15) is 0 Å². The fourth-order valence-electron chi connectivity index (χ4n) is 3.23. The normalized spacial score (nSPS) is 11.2. The molecule has 0 saturated heterocycles. The van der Waals surface area contributed by atoms with E-state index in [1.165, 1.54) is 0 Å². The van der Waals surface area contributed by atoms with Crippen molar-refractivity contribution < 1.29 is 9.42 Å². The van der Waals surface area contributed by atoms with Crippen LogP contribution in [0.15, 0.2) is 65.3 Å². The molecular weight excluding hydrogens is 370 g/mol. The summed E-state index contributed by atoms with van der Waals surface area (Å²) >= 11 is 0. The Morgan fingerprint density at radius 3 is 2.59 bits per heavy atom. The first-order chi connectivity index (χ1) is 14.2. The molecule has 0 spiro atoms. The molecule has 1 amide bonds. The van der Waals surface area contributed by atoms with E-state index in [0.29, 0.717) is 17.2 Å². The molecule has 0 aliphatic carbocycles. The quantitative estimate of drug-likeness (QED) is 0.487. The van der Waals surface area contributed by atoms with E-state index >= 15 is 0 Å². The van der Waals surface area contributed by atoms with Crippen LogP contribution in [0.3, 0.4) is 0 Å². The Hall–Kier alpha value is -4.27. The van der Waals surface area contributed by atoms with Crippen LogP contribution in [-0.4, -0.2) is 30.8 Å². The smallest absolute Gasteiger partial charge is 0.245 e. The summed E-state index contributed by atoms with van der Waals surface area (Å²) in [6, 6.07) is 18.9. The van der Waals surface area contributed by atoms with Crippen molar-refractivity contribution in [1.29, 1.82) is 0 Å². The number of nitrogen functional groups attached to an aromatic ring is 1. The Morgan fingerprint density at radius 2 is 1.76 bits per heavy atom. The summed E-state index contributed by atoms with van der Waals surface area (Å²) in [5.41, 5.74) is 8.41. The molecule has 0 fully saturated rings. The SMILES string of the molecule is Nc1nonc1-c1nc2ccccc2n1CC(=O)Nc1ccc2ccccc2n1. The Labute approximate surface area is 164 Å². The second-order valence-corrected chi connectivity index (χ2v) is 6.45. The van der Waals surface area contributed by atoms with Crippen molar-refractivity contribution in [2.75, 3.05) is 11.1 Å². The van der Waals surface area contributed by atoms with Gasteiger partial charge in [-0.05, 0) is 40.6 Å². The number of amides is 1. The number of carbonyl (C=O) groups is 1. The Kier molecular flexibility index (Phi) is 3.91. The number of nitrogens with one attached hydrogen (secondary N) is 1. The van der Waals surface area contributed by atoms with E-state index in [1.54, 1.807) is 10.6 Å². The molecule has 0 unspecified atom stereocenters. The van der Waals surface area contributed by atoms with Crippen LogP contribution >= 0.6 is 0 Å². The van der Waals surface area contributed by atoms with Crippen molar-refractivity contribution in [3.63, 3.8) is 0 Å². The van der Waals surface area contributed by atoms with E-state index in [0.717, 1.165) is 16.4 Å². The van der Waals surface area contributed by atoms with Crippen molar-refractivity contribution in [2.24, 2.45) is 0 Å². The highest BCUT2D eigenvalue weighted by Gasteiger charge is 2.20. The molecule has 5 aromatic rings. The minimum Gasteiger partial charge on any atom is -0.379 e. The lowest BCUT2D eigenvalue weighted by molar-refractivity contribution is -0.116. The van der Waals surface area contributed by atoms with E-state index in [-0.39, 0.29) is 24.0 Å². The molecule has 3 heterocycles. The molecule has 0 atom stereocenters. The van der Waals surface area contributed by atoms with E-state index in [4.69, 9.17) is 10.4 Å². The first-order valence-corrected chi connectivity index (χ1v) is 8.88. The third-order valence-corrected chi connectivity index (χ3v) is 4.55. The summed E-state index contributed by atoms with van der Waals surface area (Å²) in [6.45, 7) is -0.00332. The van der Waals surface area contributed by atoms with E-state index in [9.17, 15) is 4.79 Å². The predicted octanol–water partition coefficient (Wildman–Crippen LogP) is 2.86. The number of pyridine rings is 1. The largest absolute Gasteiger partial charge is 0.379 e. The number of benzene rings is 2. The standard InChI is InChI=1S/C20H15N7O2/c21-19-18(25-29-26-19)20-23-14-7-3-4-8-15(14)27(20)11-17(28)24-16-10-9-12-5-1-2-6-13(12)22-16/h1-10H,11H2,(H2,21,26)(H,22,24,28).